The number of hydrogen-bond donors (Lipinski definition) is 2. The molecule has 0 unspecified atom stereocenters. The van der Waals surface area contributed by atoms with Gasteiger partial charge in [-0.1, -0.05) is 35.4 Å². The van der Waals surface area contributed by atoms with Gasteiger partial charge in [-0.15, -0.1) is 11.3 Å². The number of nitrogens with one attached hydrogen (secondary N) is 2. The lowest BCUT2D eigenvalue weighted by atomic mass is 10.1. The minimum atomic E-state index is -0.874. The van der Waals surface area contributed by atoms with Crippen LogP contribution in [0.25, 0.3) is 0 Å². The third-order valence-electron chi connectivity index (χ3n) is 4.01. The summed E-state index contributed by atoms with van der Waals surface area (Å²) >= 11 is 0.954. The molecular weight excluding hydrogens is 394 g/mol. The molecule has 29 heavy (non-hydrogen) atoms. The molecule has 1 aromatic heterocycles. The number of fused-ring (bicyclic) bond motifs is 1. The van der Waals surface area contributed by atoms with Crippen LogP contribution in [0.4, 0.5) is 15.5 Å². The third kappa shape index (κ3) is 3.71. The smallest absolute Gasteiger partial charge is 0.323 e. The standard InChI is InChI=1S/C20H13N3O5S/c24-17-13-8-4-5-9-14(13)18(25)23(17)28-19(26)15-10-11-16(29-15)22-20(27)21-12-6-2-1-3-7-12/h1-11H,(H2,21,22,27). The fourth-order valence-electron chi connectivity index (χ4n) is 2.69. The van der Waals surface area contributed by atoms with Crippen molar-refractivity contribution in [2.45, 2.75) is 0 Å². The Morgan fingerprint density at radius 3 is 2.07 bits per heavy atom. The number of urea groups is 1. The Morgan fingerprint density at radius 2 is 1.41 bits per heavy atom. The second kappa shape index (κ2) is 7.56. The van der Waals surface area contributed by atoms with Gasteiger partial charge in [-0.2, -0.15) is 0 Å². The van der Waals surface area contributed by atoms with E-state index in [1.54, 1.807) is 36.4 Å². The number of anilines is 2. The van der Waals surface area contributed by atoms with Crippen LogP contribution in [0.15, 0.2) is 66.7 Å². The van der Waals surface area contributed by atoms with Gasteiger partial charge >= 0.3 is 12.0 Å². The van der Waals surface area contributed by atoms with E-state index in [0.29, 0.717) is 15.8 Å². The molecule has 4 rings (SSSR count). The quantitative estimate of drug-likeness (QED) is 0.641. The van der Waals surface area contributed by atoms with Gasteiger partial charge in [0.25, 0.3) is 11.8 Å². The second-order valence-corrected chi connectivity index (χ2v) is 7.02. The van der Waals surface area contributed by atoms with Gasteiger partial charge in [0.2, 0.25) is 0 Å². The van der Waals surface area contributed by atoms with Crippen molar-refractivity contribution in [3.05, 3.63) is 82.7 Å². The lowest BCUT2D eigenvalue weighted by molar-refractivity contribution is -0.0581. The molecule has 1 aliphatic heterocycles. The Balaban J connectivity index is 1.40. The molecular formula is C20H13N3O5S. The van der Waals surface area contributed by atoms with Gasteiger partial charge in [-0.05, 0) is 36.4 Å². The van der Waals surface area contributed by atoms with Crippen LogP contribution in [0.2, 0.25) is 0 Å². The van der Waals surface area contributed by atoms with Crippen molar-refractivity contribution in [2.75, 3.05) is 10.6 Å². The van der Waals surface area contributed by atoms with Gasteiger partial charge < -0.3 is 10.2 Å². The molecule has 3 aromatic rings. The Hall–Kier alpha value is -3.98. The highest BCUT2D eigenvalue weighted by molar-refractivity contribution is 7.18. The highest BCUT2D eigenvalue weighted by Gasteiger charge is 2.39. The first-order valence-electron chi connectivity index (χ1n) is 8.46. The summed E-state index contributed by atoms with van der Waals surface area (Å²) in [7, 11) is 0. The summed E-state index contributed by atoms with van der Waals surface area (Å²) in [6, 6.07) is 17.6. The summed E-state index contributed by atoms with van der Waals surface area (Å²) in [5, 5.41) is 6.10. The predicted octanol–water partition coefficient (Wildman–Crippen LogP) is 3.76. The average Bonchev–Trinajstić information content (AvgIpc) is 3.28. The molecule has 0 spiro atoms. The molecule has 0 saturated carbocycles. The molecule has 0 saturated heterocycles. The molecule has 9 heteroatoms. The monoisotopic (exact) mass is 407 g/mol. The SMILES string of the molecule is O=C(Nc1ccccc1)Nc1ccc(C(=O)ON2C(=O)c3ccccc3C2=O)s1. The van der Waals surface area contributed by atoms with Crippen LogP contribution >= 0.6 is 11.3 Å². The summed E-state index contributed by atoms with van der Waals surface area (Å²) in [6.45, 7) is 0. The van der Waals surface area contributed by atoms with Crippen LogP contribution in [0, 0.1) is 0 Å². The number of amides is 4. The van der Waals surface area contributed by atoms with Crippen LogP contribution in [-0.2, 0) is 4.84 Å². The average molecular weight is 407 g/mol. The van der Waals surface area contributed by atoms with Gasteiger partial charge in [-0.25, -0.2) is 9.59 Å². The van der Waals surface area contributed by atoms with Gasteiger partial charge in [-0.3, -0.25) is 14.9 Å². The maximum Gasteiger partial charge on any atom is 0.373 e. The first-order valence-corrected chi connectivity index (χ1v) is 9.27. The summed E-state index contributed by atoms with van der Waals surface area (Å²) < 4.78 is 0. The fourth-order valence-corrected chi connectivity index (χ4v) is 3.46. The van der Waals surface area contributed by atoms with E-state index >= 15 is 0 Å². The van der Waals surface area contributed by atoms with Crippen molar-refractivity contribution in [1.29, 1.82) is 0 Å². The molecule has 0 radical (unpaired) electrons. The van der Waals surface area contributed by atoms with E-state index < -0.39 is 23.8 Å². The second-order valence-electron chi connectivity index (χ2n) is 5.94. The number of rotatable bonds is 4. The van der Waals surface area contributed by atoms with E-state index in [0.717, 1.165) is 11.3 Å². The number of carbonyl (C=O) groups is 4. The van der Waals surface area contributed by atoms with Crippen LogP contribution in [-0.4, -0.2) is 28.9 Å². The number of benzene rings is 2. The van der Waals surface area contributed by atoms with Gasteiger partial charge in [0.05, 0.1) is 16.1 Å². The topological polar surface area (TPSA) is 105 Å². The highest BCUT2D eigenvalue weighted by atomic mass is 32.1. The zero-order valence-electron chi connectivity index (χ0n) is 14.7. The van der Waals surface area contributed by atoms with Crippen molar-refractivity contribution in [3.63, 3.8) is 0 Å². The molecule has 0 fully saturated rings. The van der Waals surface area contributed by atoms with Crippen molar-refractivity contribution >= 4 is 45.8 Å². The summed E-state index contributed by atoms with van der Waals surface area (Å²) in [6.07, 6.45) is 0. The van der Waals surface area contributed by atoms with E-state index in [-0.39, 0.29) is 16.0 Å². The van der Waals surface area contributed by atoms with Gasteiger partial charge in [0.1, 0.15) is 4.88 Å². The molecule has 2 N–H and O–H groups in total. The van der Waals surface area contributed by atoms with E-state index in [2.05, 4.69) is 10.6 Å². The lowest BCUT2D eigenvalue weighted by Crippen LogP contribution is -2.32. The van der Waals surface area contributed by atoms with E-state index in [1.807, 2.05) is 6.07 Å². The number of thiophene rings is 1. The van der Waals surface area contributed by atoms with Gasteiger partial charge in [0.15, 0.2) is 0 Å². The Morgan fingerprint density at radius 1 is 0.793 bits per heavy atom. The lowest BCUT2D eigenvalue weighted by Gasteiger charge is -2.11. The predicted molar refractivity (Wildman–Crippen MR) is 106 cm³/mol. The molecule has 0 bridgehead atoms. The third-order valence-corrected chi connectivity index (χ3v) is 4.99. The maximum absolute atomic E-state index is 12.3. The van der Waals surface area contributed by atoms with E-state index in [4.69, 9.17) is 4.84 Å². The highest BCUT2D eigenvalue weighted by Crippen LogP contribution is 2.26. The Kier molecular flexibility index (Phi) is 4.80. The number of imide groups is 1. The number of nitrogens with zero attached hydrogens (tertiary/aromatic N) is 1. The minimum absolute atomic E-state index is 0.122. The van der Waals surface area contributed by atoms with Crippen molar-refractivity contribution in [2.24, 2.45) is 0 Å². The van der Waals surface area contributed by atoms with Crippen LogP contribution in [0.5, 0.6) is 0 Å². The largest absolute Gasteiger partial charge is 0.373 e. The Labute approximate surface area is 168 Å². The molecule has 2 aromatic carbocycles. The number of hydroxylamine groups is 2. The van der Waals surface area contributed by atoms with Crippen molar-refractivity contribution in [3.8, 4) is 0 Å². The number of carbonyl (C=O) groups excluding carboxylic acids is 4. The molecule has 2 heterocycles. The summed E-state index contributed by atoms with van der Waals surface area (Å²) in [5.41, 5.74) is 0.972. The first-order chi connectivity index (χ1) is 14.0. The molecule has 1 aliphatic rings. The molecule has 144 valence electrons. The van der Waals surface area contributed by atoms with Crippen molar-refractivity contribution < 1.29 is 24.0 Å². The first kappa shape index (κ1) is 18.4. The van der Waals surface area contributed by atoms with Crippen LogP contribution in [0.3, 0.4) is 0 Å². The van der Waals surface area contributed by atoms with Crippen LogP contribution in [0.1, 0.15) is 30.4 Å². The van der Waals surface area contributed by atoms with Gasteiger partial charge in [0, 0.05) is 5.69 Å². The molecule has 4 amide bonds. The zero-order valence-corrected chi connectivity index (χ0v) is 15.6. The zero-order chi connectivity index (χ0) is 20.4. The fraction of sp³-hybridized carbons (Fsp3) is 0. The normalized spacial score (nSPS) is 12.5. The minimum Gasteiger partial charge on any atom is -0.323 e. The molecule has 0 aliphatic carbocycles. The Bertz CT molecular complexity index is 1090. The summed E-state index contributed by atoms with van der Waals surface area (Å²) in [5.74, 6) is -2.27. The van der Waals surface area contributed by atoms with E-state index in [9.17, 15) is 19.2 Å². The van der Waals surface area contributed by atoms with Crippen LogP contribution < -0.4 is 10.6 Å². The number of hydrogen-bond acceptors (Lipinski definition) is 6. The molecule has 8 nitrogen and oxygen atoms in total. The summed E-state index contributed by atoms with van der Waals surface area (Å²) in [4.78, 5) is 54.0. The van der Waals surface area contributed by atoms with Crippen molar-refractivity contribution in [1.82, 2.24) is 5.06 Å². The molecule has 0 atom stereocenters. The number of para-hydroxylation sites is 1. The van der Waals surface area contributed by atoms with E-state index in [1.165, 1.54) is 24.3 Å². The maximum atomic E-state index is 12.3.